The van der Waals surface area contributed by atoms with Gasteiger partial charge in [-0.25, -0.2) is 4.98 Å². The van der Waals surface area contributed by atoms with Gasteiger partial charge in [0.05, 0.1) is 5.69 Å². The zero-order valence-corrected chi connectivity index (χ0v) is 23.1. The van der Waals surface area contributed by atoms with Crippen molar-refractivity contribution in [3.63, 3.8) is 0 Å². The van der Waals surface area contributed by atoms with Gasteiger partial charge in [0.25, 0.3) is 0 Å². The first-order chi connectivity index (χ1) is 21.3. The van der Waals surface area contributed by atoms with E-state index in [9.17, 15) is 0 Å². The maximum Gasteiger partial charge on any atom is 0.227 e. The fourth-order valence-electron chi connectivity index (χ4n) is 6.28. The van der Waals surface area contributed by atoms with Crippen LogP contribution in [0.4, 0.5) is 17.1 Å². The van der Waals surface area contributed by atoms with E-state index in [0.717, 1.165) is 66.4 Å². The van der Waals surface area contributed by atoms with Crippen molar-refractivity contribution < 1.29 is 8.83 Å². The van der Waals surface area contributed by atoms with E-state index in [1.807, 2.05) is 54.6 Å². The Morgan fingerprint density at radius 3 is 1.81 bits per heavy atom. The minimum Gasteiger partial charge on any atom is -0.456 e. The molecule has 202 valence electrons. The monoisotopic (exact) mass is 552 g/mol. The second-order valence-corrected chi connectivity index (χ2v) is 10.8. The molecule has 0 saturated heterocycles. The van der Waals surface area contributed by atoms with E-state index in [1.54, 1.807) is 0 Å². The predicted molar refractivity (Wildman–Crippen MR) is 176 cm³/mol. The van der Waals surface area contributed by atoms with Crippen LogP contribution in [0.1, 0.15) is 0 Å². The lowest BCUT2D eigenvalue weighted by Gasteiger charge is -2.26. The van der Waals surface area contributed by atoms with Crippen LogP contribution < -0.4 is 4.90 Å². The topological polar surface area (TPSA) is 42.4 Å². The Morgan fingerprint density at radius 2 is 1.07 bits per heavy atom. The standard InChI is InChI=1S/C39H24N2O2/c1-4-11-25(12-5-1)26-19-21-29(22-20-26)41(28-15-8-3-9-16-28)30-23-32-36-34(24-30)42-33-18-10-17-31(35(33)36)38-37(32)40-39(43-38)27-13-6-2-7-14-27/h1-24H. The number of fused-ring (bicyclic) bond motifs is 3. The summed E-state index contributed by atoms with van der Waals surface area (Å²) >= 11 is 0. The summed E-state index contributed by atoms with van der Waals surface area (Å²) in [4.78, 5) is 7.34. The molecular weight excluding hydrogens is 528 g/mol. The highest BCUT2D eigenvalue weighted by Gasteiger charge is 2.24. The van der Waals surface area contributed by atoms with Gasteiger partial charge in [0.2, 0.25) is 5.89 Å². The summed E-state index contributed by atoms with van der Waals surface area (Å²) in [5.74, 6) is 0.611. The zero-order chi connectivity index (χ0) is 28.3. The number of hydrogen-bond donors (Lipinski definition) is 0. The molecule has 0 bridgehead atoms. The largest absolute Gasteiger partial charge is 0.456 e. The lowest BCUT2D eigenvalue weighted by atomic mass is 9.99. The van der Waals surface area contributed by atoms with Gasteiger partial charge in [-0.2, -0.15) is 0 Å². The molecule has 0 atom stereocenters. The third-order valence-corrected chi connectivity index (χ3v) is 8.24. The van der Waals surface area contributed by atoms with Crippen LogP contribution in [0.2, 0.25) is 0 Å². The van der Waals surface area contributed by atoms with Crippen molar-refractivity contribution in [3.8, 4) is 22.6 Å². The van der Waals surface area contributed by atoms with Gasteiger partial charge in [-0.1, -0.05) is 91.0 Å². The van der Waals surface area contributed by atoms with E-state index in [-0.39, 0.29) is 0 Å². The number of nitrogens with zero attached hydrogens (tertiary/aromatic N) is 2. The maximum atomic E-state index is 6.51. The van der Waals surface area contributed by atoms with Gasteiger partial charge in [0, 0.05) is 44.5 Å². The van der Waals surface area contributed by atoms with Gasteiger partial charge in [0.15, 0.2) is 5.58 Å². The number of para-hydroxylation sites is 1. The molecule has 0 spiro atoms. The van der Waals surface area contributed by atoms with Crippen molar-refractivity contribution in [3.05, 3.63) is 146 Å². The molecule has 4 heteroatoms. The number of aromatic nitrogens is 1. The van der Waals surface area contributed by atoms with Crippen LogP contribution in [0, 0.1) is 0 Å². The lowest BCUT2D eigenvalue weighted by Crippen LogP contribution is -2.09. The summed E-state index contributed by atoms with van der Waals surface area (Å²) in [7, 11) is 0. The van der Waals surface area contributed by atoms with Gasteiger partial charge in [-0.3, -0.25) is 0 Å². The Morgan fingerprint density at radius 1 is 0.442 bits per heavy atom. The Hall–Kier alpha value is -5.87. The molecule has 0 unspecified atom stereocenters. The molecule has 0 aliphatic rings. The Bertz CT molecular complexity index is 2370. The molecule has 4 nitrogen and oxygen atoms in total. The third kappa shape index (κ3) is 3.74. The summed E-state index contributed by atoms with van der Waals surface area (Å²) in [6.07, 6.45) is 0. The number of hydrogen-bond acceptors (Lipinski definition) is 4. The van der Waals surface area contributed by atoms with E-state index >= 15 is 0 Å². The Labute approximate surface area is 247 Å². The highest BCUT2D eigenvalue weighted by Crippen LogP contribution is 2.47. The first-order valence-corrected chi connectivity index (χ1v) is 14.4. The van der Waals surface area contributed by atoms with E-state index in [0.29, 0.717) is 5.89 Å². The van der Waals surface area contributed by atoms with Crippen molar-refractivity contribution in [1.29, 1.82) is 0 Å². The highest BCUT2D eigenvalue weighted by atomic mass is 16.3. The molecule has 0 amide bonds. The van der Waals surface area contributed by atoms with Crippen molar-refractivity contribution in [1.82, 2.24) is 4.98 Å². The summed E-state index contributed by atoms with van der Waals surface area (Å²) in [6, 6.07) is 50.2. The molecule has 0 aliphatic carbocycles. The second kappa shape index (κ2) is 9.33. The average molecular weight is 553 g/mol. The van der Waals surface area contributed by atoms with Gasteiger partial charge >= 0.3 is 0 Å². The minimum atomic E-state index is 0.611. The van der Waals surface area contributed by atoms with E-state index in [1.165, 1.54) is 11.1 Å². The average Bonchev–Trinajstić information content (AvgIpc) is 3.69. The fourth-order valence-corrected chi connectivity index (χ4v) is 6.28. The van der Waals surface area contributed by atoms with Crippen LogP contribution in [0.5, 0.6) is 0 Å². The van der Waals surface area contributed by atoms with Gasteiger partial charge in [-0.15, -0.1) is 0 Å². The van der Waals surface area contributed by atoms with Crippen LogP contribution in [-0.2, 0) is 0 Å². The molecule has 2 heterocycles. The number of furan rings is 1. The smallest absolute Gasteiger partial charge is 0.227 e. The Balaban J connectivity index is 1.30. The van der Waals surface area contributed by atoms with Crippen molar-refractivity contribution in [2.45, 2.75) is 0 Å². The number of rotatable bonds is 5. The van der Waals surface area contributed by atoms with Gasteiger partial charge in [0.1, 0.15) is 16.7 Å². The number of benzene rings is 7. The SMILES string of the molecule is c1ccc(-c2ccc(N(c3ccccc3)c3cc4oc5cccc6c7oc(-c8ccccc8)nc7c(c3)c4c56)cc2)cc1. The molecular formula is C39H24N2O2. The zero-order valence-electron chi connectivity index (χ0n) is 23.1. The van der Waals surface area contributed by atoms with Crippen LogP contribution in [-0.4, -0.2) is 4.98 Å². The van der Waals surface area contributed by atoms with E-state index in [2.05, 4.69) is 95.9 Å². The summed E-state index contributed by atoms with van der Waals surface area (Å²) in [6.45, 7) is 0. The molecule has 43 heavy (non-hydrogen) atoms. The molecule has 9 rings (SSSR count). The minimum absolute atomic E-state index is 0.611. The van der Waals surface area contributed by atoms with Crippen molar-refractivity contribution >= 4 is 60.9 Å². The summed E-state index contributed by atoms with van der Waals surface area (Å²) in [5, 5.41) is 4.16. The molecule has 2 aromatic heterocycles. The normalized spacial score (nSPS) is 11.7. The second-order valence-electron chi connectivity index (χ2n) is 10.8. The summed E-state index contributed by atoms with van der Waals surface area (Å²) in [5.41, 5.74) is 9.68. The molecule has 0 fully saturated rings. The maximum absolute atomic E-state index is 6.51. The lowest BCUT2D eigenvalue weighted by molar-refractivity contribution is 0.623. The van der Waals surface area contributed by atoms with Gasteiger partial charge < -0.3 is 13.7 Å². The molecule has 0 aliphatic heterocycles. The third-order valence-electron chi connectivity index (χ3n) is 8.24. The van der Waals surface area contributed by atoms with Crippen molar-refractivity contribution in [2.24, 2.45) is 0 Å². The van der Waals surface area contributed by atoms with Crippen LogP contribution in [0.25, 0.3) is 66.4 Å². The van der Waals surface area contributed by atoms with Crippen LogP contribution in [0.3, 0.4) is 0 Å². The quantitative estimate of drug-likeness (QED) is 0.199. The fraction of sp³-hybridized carbons (Fsp3) is 0. The van der Waals surface area contributed by atoms with Crippen LogP contribution in [0.15, 0.2) is 154 Å². The number of oxazole rings is 1. The van der Waals surface area contributed by atoms with Gasteiger partial charge in [-0.05, 0) is 59.7 Å². The highest BCUT2D eigenvalue weighted by molar-refractivity contribution is 6.32. The molecule has 0 radical (unpaired) electrons. The van der Waals surface area contributed by atoms with Crippen molar-refractivity contribution in [2.75, 3.05) is 4.90 Å². The van der Waals surface area contributed by atoms with Crippen LogP contribution >= 0.6 is 0 Å². The molecule has 7 aromatic carbocycles. The number of anilines is 3. The van der Waals surface area contributed by atoms with E-state index in [4.69, 9.17) is 13.8 Å². The first kappa shape index (κ1) is 23.8. The summed E-state index contributed by atoms with van der Waals surface area (Å²) < 4.78 is 13.0. The van der Waals surface area contributed by atoms with E-state index < -0.39 is 0 Å². The molecule has 0 saturated carbocycles. The molecule has 9 aromatic rings. The predicted octanol–water partition coefficient (Wildman–Crippen LogP) is 11.1. The Kier molecular flexibility index (Phi) is 5.16. The first-order valence-electron chi connectivity index (χ1n) is 14.4. The molecule has 0 N–H and O–H groups in total.